The molecule has 2 aliphatic rings. The molecule has 2 saturated heterocycles. The highest BCUT2D eigenvalue weighted by molar-refractivity contribution is 5.41. The molecule has 2 unspecified atom stereocenters. The summed E-state index contributed by atoms with van der Waals surface area (Å²) in [7, 11) is 0. The summed E-state index contributed by atoms with van der Waals surface area (Å²) in [5.41, 5.74) is 0. The molecule has 1 aromatic heterocycles. The number of hydrogen-bond acceptors (Lipinski definition) is 3. The van der Waals surface area contributed by atoms with Crippen LogP contribution < -0.4 is 10.2 Å². The van der Waals surface area contributed by atoms with Crippen LogP contribution in [0.25, 0.3) is 0 Å². The number of halogens is 2. The van der Waals surface area contributed by atoms with E-state index in [-0.39, 0.29) is 0 Å². The smallest absolute Gasteiger partial charge is 0.168 e. The van der Waals surface area contributed by atoms with Gasteiger partial charge in [-0.2, -0.15) is 0 Å². The average Bonchev–Trinajstić information content (AvgIpc) is 2.76. The summed E-state index contributed by atoms with van der Waals surface area (Å²) in [6.45, 7) is 2.84. The van der Waals surface area contributed by atoms with Gasteiger partial charge >= 0.3 is 0 Å². The van der Waals surface area contributed by atoms with Crippen LogP contribution in [-0.4, -0.2) is 29.7 Å². The molecule has 2 atom stereocenters. The normalized spacial score (nSPS) is 28.6. The van der Waals surface area contributed by atoms with E-state index in [2.05, 4.69) is 17.2 Å². The molecule has 110 valence electrons. The number of hydrogen-bond donors (Lipinski definition) is 1. The molecule has 1 N–H and O–H groups in total. The molecule has 0 aliphatic carbocycles. The van der Waals surface area contributed by atoms with Gasteiger partial charge in [-0.3, -0.25) is 0 Å². The zero-order valence-corrected chi connectivity index (χ0v) is 11.8. The standard InChI is InChI=1S/C15H21F2N3/c1-2-5-20(15-14(17)6-10(16)9-18-15)13-7-11-3-4-12(8-13)19-11/h6,9,11-13,19H,2-5,7-8H2,1H3. The maximum absolute atomic E-state index is 14.0. The fourth-order valence-corrected chi connectivity index (χ4v) is 3.60. The van der Waals surface area contributed by atoms with Crippen molar-refractivity contribution in [1.82, 2.24) is 10.3 Å². The lowest BCUT2D eigenvalue weighted by Gasteiger charge is -2.38. The lowest BCUT2D eigenvalue weighted by Crippen LogP contribution is -2.49. The fraction of sp³-hybridized carbons (Fsp3) is 0.667. The molecule has 2 bridgehead atoms. The third kappa shape index (κ3) is 2.64. The summed E-state index contributed by atoms with van der Waals surface area (Å²) in [4.78, 5) is 6.04. The van der Waals surface area contributed by atoms with Gasteiger partial charge in [0, 0.05) is 30.7 Å². The summed E-state index contributed by atoms with van der Waals surface area (Å²) in [6.07, 6.45) is 6.50. The Bertz CT molecular complexity index is 468. The van der Waals surface area contributed by atoms with Crippen molar-refractivity contribution in [3.63, 3.8) is 0 Å². The Morgan fingerprint density at radius 3 is 2.60 bits per heavy atom. The van der Waals surface area contributed by atoms with Crippen molar-refractivity contribution in [1.29, 1.82) is 0 Å². The zero-order valence-electron chi connectivity index (χ0n) is 11.8. The van der Waals surface area contributed by atoms with E-state index in [0.717, 1.165) is 38.1 Å². The van der Waals surface area contributed by atoms with E-state index >= 15 is 0 Å². The molecule has 2 aliphatic heterocycles. The topological polar surface area (TPSA) is 28.2 Å². The first-order chi connectivity index (χ1) is 9.67. The van der Waals surface area contributed by atoms with Gasteiger partial charge in [0.15, 0.2) is 11.6 Å². The first-order valence-electron chi connectivity index (χ1n) is 7.51. The van der Waals surface area contributed by atoms with Crippen molar-refractivity contribution in [3.05, 3.63) is 23.9 Å². The second-order valence-corrected chi connectivity index (χ2v) is 5.92. The third-order valence-electron chi connectivity index (χ3n) is 4.41. The van der Waals surface area contributed by atoms with Crippen molar-refractivity contribution >= 4 is 5.82 Å². The molecule has 20 heavy (non-hydrogen) atoms. The fourth-order valence-electron chi connectivity index (χ4n) is 3.60. The predicted molar refractivity (Wildman–Crippen MR) is 74.8 cm³/mol. The van der Waals surface area contributed by atoms with E-state index in [9.17, 15) is 8.78 Å². The molecular formula is C15H21F2N3. The molecule has 5 heteroatoms. The first-order valence-corrected chi connectivity index (χ1v) is 7.51. The molecule has 0 spiro atoms. The minimum absolute atomic E-state index is 0.305. The van der Waals surface area contributed by atoms with E-state index in [4.69, 9.17) is 0 Å². The van der Waals surface area contributed by atoms with Gasteiger partial charge in [0.25, 0.3) is 0 Å². The van der Waals surface area contributed by atoms with Gasteiger partial charge < -0.3 is 10.2 Å². The Kier molecular flexibility index (Phi) is 3.87. The van der Waals surface area contributed by atoms with E-state index in [1.807, 2.05) is 4.90 Å². The van der Waals surface area contributed by atoms with Crippen molar-refractivity contribution in [2.45, 2.75) is 57.2 Å². The highest BCUT2D eigenvalue weighted by Crippen LogP contribution is 2.32. The number of rotatable bonds is 4. The maximum Gasteiger partial charge on any atom is 0.168 e. The van der Waals surface area contributed by atoms with E-state index in [1.165, 1.54) is 12.8 Å². The molecular weight excluding hydrogens is 260 g/mol. The summed E-state index contributed by atoms with van der Waals surface area (Å²) >= 11 is 0. The quantitative estimate of drug-likeness (QED) is 0.920. The Morgan fingerprint density at radius 1 is 1.30 bits per heavy atom. The van der Waals surface area contributed by atoms with E-state index in [0.29, 0.717) is 23.9 Å². The van der Waals surface area contributed by atoms with Gasteiger partial charge in [-0.25, -0.2) is 13.8 Å². The van der Waals surface area contributed by atoms with Crippen molar-refractivity contribution < 1.29 is 8.78 Å². The van der Waals surface area contributed by atoms with Gasteiger partial charge in [-0.05, 0) is 32.1 Å². The third-order valence-corrected chi connectivity index (χ3v) is 4.41. The van der Waals surface area contributed by atoms with Crippen LogP contribution in [0, 0.1) is 11.6 Å². The summed E-state index contributed by atoms with van der Waals surface area (Å²) in [5.74, 6) is -0.864. The Hall–Kier alpha value is -1.23. The number of anilines is 1. The minimum atomic E-state index is -0.618. The lowest BCUT2D eigenvalue weighted by molar-refractivity contribution is 0.343. The van der Waals surface area contributed by atoms with Gasteiger partial charge in [0.1, 0.15) is 5.82 Å². The predicted octanol–water partition coefficient (Wildman–Crippen LogP) is 2.86. The Balaban J connectivity index is 1.84. The van der Waals surface area contributed by atoms with Crippen LogP contribution in [-0.2, 0) is 0 Å². The number of aromatic nitrogens is 1. The average molecular weight is 281 g/mol. The number of pyridine rings is 1. The van der Waals surface area contributed by atoms with Gasteiger partial charge in [-0.1, -0.05) is 6.92 Å². The number of nitrogens with one attached hydrogen (secondary N) is 1. The maximum atomic E-state index is 14.0. The molecule has 3 rings (SSSR count). The Morgan fingerprint density at radius 2 is 2.00 bits per heavy atom. The number of piperidine rings is 1. The highest BCUT2D eigenvalue weighted by atomic mass is 19.1. The molecule has 2 fully saturated rings. The van der Waals surface area contributed by atoms with Crippen molar-refractivity contribution in [2.75, 3.05) is 11.4 Å². The number of nitrogens with zero attached hydrogens (tertiary/aromatic N) is 2. The summed E-state index contributed by atoms with van der Waals surface area (Å²) < 4.78 is 27.1. The SMILES string of the molecule is CCCN(c1ncc(F)cc1F)C1CC2CCC(C1)N2. The molecule has 0 saturated carbocycles. The summed E-state index contributed by atoms with van der Waals surface area (Å²) in [6, 6.07) is 2.32. The van der Waals surface area contributed by atoms with Crippen LogP contribution in [0.1, 0.15) is 39.0 Å². The van der Waals surface area contributed by atoms with E-state index < -0.39 is 11.6 Å². The van der Waals surface area contributed by atoms with Crippen molar-refractivity contribution in [3.8, 4) is 0 Å². The molecule has 3 nitrogen and oxygen atoms in total. The lowest BCUT2D eigenvalue weighted by atomic mass is 9.98. The first kappa shape index (κ1) is 13.7. The van der Waals surface area contributed by atoms with Crippen LogP contribution in [0.15, 0.2) is 12.3 Å². The van der Waals surface area contributed by atoms with Gasteiger partial charge in [0.2, 0.25) is 0 Å². The number of fused-ring (bicyclic) bond motifs is 2. The largest absolute Gasteiger partial charge is 0.351 e. The Labute approximate surface area is 118 Å². The molecule has 0 amide bonds. The van der Waals surface area contributed by atoms with Crippen LogP contribution in [0.4, 0.5) is 14.6 Å². The van der Waals surface area contributed by atoms with Gasteiger partial charge in [-0.15, -0.1) is 0 Å². The van der Waals surface area contributed by atoms with Crippen LogP contribution in [0.5, 0.6) is 0 Å². The molecule has 3 heterocycles. The van der Waals surface area contributed by atoms with Crippen molar-refractivity contribution in [2.24, 2.45) is 0 Å². The molecule has 1 aromatic rings. The zero-order chi connectivity index (χ0) is 14.1. The second kappa shape index (κ2) is 5.64. The van der Waals surface area contributed by atoms with Gasteiger partial charge in [0.05, 0.1) is 6.20 Å². The highest BCUT2D eigenvalue weighted by Gasteiger charge is 2.36. The molecule has 0 aromatic carbocycles. The van der Waals surface area contributed by atoms with Crippen LogP contribution in [0.3, 0.4) is 0 Å². The van der Waals surface area contributed by atoms with Crippen LogP contribution in [0.2, 0.25) is 0 Å². The van der Waals surface area contributed by atoms with Crippen LogP contribution >= 0.6 is 0 Å². The monoisotopic (exact) mass is 281 g/mol. The van der Waals surface area contributed by atoms with E-state index in [1.54, 1.807) is 0 Å². The molecule has 0 radical (unpaired) electrons. The summed E-state index contributed by atoms with van der Waals surface area (Å²) in [5, 5.41) is 3.59. The second-order valence-electron chi connectivity index (χ2n) is 5.92. The minimum Gasteiger partial charge on any atom is -0.351 e.